The predicted molar refractivity (Wildman–Crippen MR) is 78.0 cm³/mol. The van der Waals surface area contributed by atoms with Crippen LogP contribution in [0.2, 0.25) is 0 Å². The third-order valence-electron chi connectivity index (χ3n) is 4.65. The summed E-state index contributed by atoms with van der Waals surface area (Å²) in [6.07, 6.45) is 2.89. The van der Waals surface area contributed by atoms with E-state index in [9.17, 15) is 4.79 Å². The molecule has 0 aromatic rings. The van der Waals surface area contributed by atoms with Crippen molar-refractivity contribution < 1.29 is 9.53 Å². The molecular weight excluding hydrogens is 236 g/mol. The second-order valence-electron chi connectivity index (χ2n) is 8.68. The van der Waals surface area contributed by atoms with E-state index in [0.717, 1.165) is 12.0 Å². The van der Waals surface area contributed by atoms with Crippen LogP contribution in [0, 0.1) is 16.7 Å². The molecule has 0 aromatic heterocycles. The fraction of sp³-hybridized carbons (Fsp3) is 0.824. The monoisotopic (exact) mass is 264 g/mol. The topological polar surface area (TPSA) is 26.3 Å². The lowest BCUT2D eigenvalue weighted by molar-refractivity contribution is -0.323. The number of ether oxygens (including phenoxy) is 1. The molecule has 19 heavy (non-hydrogen) atoms. The van der Waals surface area contributed by atoms with E-state index in [4.69, 9.17) is 4.74 Å². The van der Waals surface area contributed by atoms with Gasteiger partial charge in [-0.3, -0.25) is 4.79 Å². The molecule has 1 aliphatic carbocycles. The lowest BCUT2D eigenvalue weighted by atomic mass is 9.52. The number of ketones is 1. The Hall–Kier alpha value is -0.630. The average molecular weight is 264 g/mol. The molecule has 1 saturated heterocycles. The zero-order chi connectivity index (χ0) is 14.9. The summed E-state index contributed by atoms with van der Waals surface area (Å²) in [5.41, 5.74) is 0.323. The second kappa shape index (κ2) is 3.72. The van der Waals surface area contributed by atoms with Crippen LogP contribution in [0.25, 0.3) is 0 Å². The fourth-order valence-corrected chi connectivity index (χ4v) is 4.95. The van der Waals surface area contributed by atoms with Gasteiger partial charge in [-0.2, -0.15) is 0 Å². The number of carbonyl (C=O) groups excluding carboxylic acids is 1. The van der Waals surface area contributed by atoms with Gasteiger partial charge in [0.25, 0.3) is 0 Å². The predicted octanol–water partition coefficient (Wildman–Crippen LogP) is 4.14. The minimum Gasteiger partial charge on any atom is -0.364 e. The van der Waals surface area contributed by atoms with Crippen molar-refractivity contribution >= 4 is 5.78 Å². The van der Waals surface area contributed by atoms with Crippen molar-refractivity contribution in [1.82, 2.24) is 0 Å². The maximum absolute atomic E-state index is 12.3. The first-order valence-electron chi connectivity index (χ1n) is 7.26. The summed E-state index contributed by atoms with van der Waals surface area (Å²) in [6, 6.07) is 0. The molecule has 108 valence electrons. The van der Waals surface area contributed by atoms with Gasteiger partial charge < -0.3 is 4.74 Å². The van der Waals surface area contributed by atoms with Gasteiger partial charge in [-0.25, -0.2) is 0 Å². The highest BCUT2D eigenvalue weighted by atomic mass is 16.6. The van der Waals surface area contributed by atoms with E-state index in [2.05, 4.69) is 40.7 Å². The lowest BCUT2D eigenvalue weighted by Crippen LogP contribution is -2.71. The first kappa shape index (κ1) is 14.8. The number of hydrogen-bond acceptors (Lipinski definition) is 2. The smallest absolute Gasteiger partial charge is 0.164 e. The highest BCUT2D eigenvalue weighted by Crippen LogP contribution is 2.61. The van der Waals surface area contributed by atoms with Gasteiger partial charge in [-0.1, -0.05) is 34.6 Å². The van der Waals surface area contributed by atoms with Crippen molar-refractivity contribution in [3.63, 3.8) is 0 Å². The molecule has 0 amide bonds. The highest BCUT2D eigenvalue weighted by Gasteiger charge is 2.65. The Morgan fingerprint density at radius 1 is 1.21 bits per heavy atom. The summed E-state index contributed by atoms with van der Waals surface area (Å²) in [6.45, 7) is 17.2. The molecule has 2 heteroatoms. The van der Waals surface area contributed by atoms with Crippen LogP contribution >= 0.6 is 0 Å². The van der Waals surface area contributed by atoms with Crippen LogP contribution in [-0.4, -0.2) is 17.0 Å². The summed E-state index contributed by atoms with van der Waals surface area (Å²) < 4.78 is 6.32. The molecular formula is C17H28O2. The highest BCUT2D eigenvalue weighted by molar-refractivity contribution is 6.00. The summed E-state index contributed by atoms with van der Waals surface area (Å²) in [5, 5.41) is 0. The Balaban J connectivity index is 2.48. The third kappa shape index (κ3) is 2.08. The zero-order valence-electron chi connectivity index (χ0n) is 13.7. The van der Waals surface area contributed by atoms with Gasteiger partial charge in [0.2, 0.25) is 0 Å². The van der Waals surface area contributed by atoms with Crippen molar-refractivity contribution in [1.29, 1.82) is 0 Å². The molecule has 1 spiro atoms. The fourth-order valence-electron chi connectivity index (χ4n) is 4.95. The molecule has 0 bridgehead atoms. The van der Waals surface area contributed by atoms with Gasteiger partial charge in [0, 0.05) is 11.3 Å². The number of hydrogen-bond donors (Lipinski definition) is 0. The van der Waals surface area contributed by atoms with Crippen molar-refractivity contribution in [2.45, 2.75) is 73.0 Å². The average Bonchev–Trinajstić information content (AvgIpc) is 2.07. The maximum Gasteiger partial charge on any atom is 0.164 e. The molecule has 0 N–H and O–H groups in total. The number of rotatable bonds is 0. The van der Waals surface area contributed by atoms with Crippen LogP contribution in [0.1, 0.15) is 61.8 Å². The van der Waals surface area contributed by atoms with Gasteiger partial charge >= 0.3 is 0 Å². The lowest BCUT2D eigenvalue weighted by Gasteiger charge is -2.66. The minimum absolute atomic E-state index is 0.120. The third-order valence-corrected chi connectivity index (χ3v) is 4.65. The van der Waals surface area contributed by atoms with Crippen LogP contribution in [0.3, 0.4) is 0 Å². The Kier molecular flexibility index (Phi) is 2.89. The quantitative estimate of drug-likeness (QED) is 0.657. The molecule has 2 atom stereocenters. The Morgan fingerprint density at radius 2 is 1.74 bits per heavy atom. The zero-order valence-corrected chi connectivity index (χ0v) is 13.7. The number of Topliss-reactive ketones (excluding diaryl/α,β-unsaturated/α-hetero) is 1. The summed E-state index contributed by atoms with van der Waals surface area (Å²) in [4.78, 5) is 12.3. The molecule has 0 unspecified atom stereocenters. The van der Waals surface area contributed by atoms with Crippen LogP contribution in [0.5, 0.6) is 0 Å². The van der Waals surface area contributed by atoms with Crippen molar-refractivity contribution in [2.24, 2.45) is 16.7 Å². The molecule has 0 saturated carbocycles. The molecule has 2 aliphatic rings. The normalized spacial score (nSPS) is 36.9. The van der Waals surface area contributed by atoms with E-state index < -0.39 is 0 Å². The molecule has 2 nitrogen and oxygen atoms in total. The standard InChI is InChI=1S/C17H28O2/c1-11-9-17(10-15(5,6)12(11)18)13(14(2,3)4)16(7,8)19-17/h9,13H,10H2,1-8H3/t13-,17-/m0/s1. The van der Waals surface area contributed by atoms with Gasteiger partial charge in [-0.05, 0) is 44.3 Å². The Bertz CT molecular complexity index is 438. The maximum atomic E-state index is 12.3. The van der Waals surface area contributed by atoms with Crippen LogP contribution in [-0.2, 0) is 9.53 Å². The number of allylic oxidation sites excluding steroid dienone is 1. The minimum atomic E-state index is -0.321. The van der Waals surface area contributed by atoms with Crippen LogP contribution in [0.4, 0.5) is 0 Å². The Labute approximate surface area is 117 Å². The van der Waals surface area contributed by atoms with Crippen molar-refractivity contribution in [3.8, 4) is 0 Å². The Morgan fingerprint density at radius 3 is 2.11 bits per heavy atom. The molecule has 0 radical (unpaired) electrons. The summed E-state index contributed by atoms with van der Waals surface area (Å²) in [5.74, 6) is 0.689. The van der Waals surface area contributed by atoms with Gasteiger partial charge in [0.15, 0.2) is 5.78 Å². The molecule has 0 aromatic carbocycles. The largest absolute Gasteiger partial charge is 0.364 e. The molecule has 1 aliphatic heterocycles. The molecule has 1 heterocycles. The first-order valence-corrected chi connectivity index (χ1v) is 7.26. The summed E-state index contributed by atoms with van der Waals surface area (Å²) >= 11 is 0. The van der Waals surface area contributed by atoms with E-state index >= 15 is 0 Å². The van der Waals surface area contributed by atoms with Gasteiger partial charge in [0.05, 0.1) is 11.2 Å². The van der Waals surface area contributed by atoms with Crippen LogP contribution in [0.15, 0.2) is 11.6 Å². The van der Waals surface area contributed by atoms with E-state index in [-0.39, 0.29) is 27.8 Å². The molecule has 2 rings (SSSR count). The first-order chi connectivity index (χ1) is 8.32. The van der Waals surface area contributed by atoms with E-state index in [1.54, 1.807) is 0 Å². The molecule has 1 fully saturated rings. The SMILES string of the molecule is CC1=C[C@@]2(CC(C)(C)C1=O)OC(C)(C)[C@@H]2C(C)(C)C. The van der Waals surface area contributed by atoms with Crippen molar-refractivity contribution in [3.05, 3.63) is 11.6 Å². The van der Waals surface area contributed by atoms with Gasteiger partial charge in [-0.15, -0.1) is 0 Å². The summed E-state index contributed by atoms with van der Waals surface area (Å²) in [7, 11) is 0. The van der Waals surface area contributed by atoms with Gasteiger partial charge in [0.1, 0.15) is 0 Å². The van der Waals surface area contributed by atoms with E-state index in [1.165, 1.54) is 0 Å². The second-order valence-corrected chi connectivity index (χ2v) is 8.68. The van der Waals surface area contributed by atoms with E-state index in [1.807, 2.05) is 20.8 Å². The van der Waals surface area contributed by atoms with E-state index in [0.29, 0.717) is 5.92 Å². The van der Waals surface area contributed by atoms with Crippen molar-refractivity contribution in [2.75, 3.05) is 0 Å². The number of carbonyl (C=O) groups is 1. The van der Waals surface area contributed by atoms with Crippen LogP contribution < -0.4 is 0 Å².